The Balaban J connectivity index is 1.40. The van der Waals surface area contributed by atoms with Gasteiger partial charge >= 0.3 is 0 Å². The van der Waals surface area contributed by atoms with Gasteiger partial charge in [-0.3, -0.25) is 9.80 Å². The highest BCUT2D eigenvalue weighted by molar-refractivity contribution is 5.77. The van der Waals surface area contributed by atoms with E-state index in [1.165, 1.54) is 0 Å². The molecular weight excluding hydrogens is 490 g/mol. The lowest BCUT2D eigenvalue weighted by atomic mass is 10.2. The quantitative estimate of drug-likeness (QED) is 0.361. The van der Waals surface area contributed by atoms with Crippen molar-refractivity contribution in [3.8, 4) is 11.4 Å². The maximum Gasteiger partial charge on any atom is 0.170 e. The van der Waals surface area contributed by atoms with E-state index in [9.17, 15) is 0 Å². The summed E-state index contributed by atoms with van der Waals surface area (Å²) in [7, 11) is 2.18. The summed E-state index contributed by atoms with van der Waals surface area (Å²) in [6.07, 6.45) is 0. The highest BCUT2D eigenvalue weighted by Crippen LogP contribution is 2.34. The van der Waals surface area contributed by atoms with Crippen LogP contribution in [0.15, 0.2) is 70.9 Å². The molecule has 0 radical (unpaired) electrons. The summed E-state index contributed by atoms with van der Waals surface area (Å²) in [6.45, 7) is 11.1. The number of hydrogen-bond donors (Lipinski definition) is 2. The van der Waals surface area contributed by atoms with Crippen LogP contribution in [0, 0.1) is 0 Å². The van der Waals surface area contributed by atoms with Gasteiger partial charge in [0.1, 0.15) is 0 Å². The maximum absolute atomic E-state index is 5.50. The van der Waals surface area contributed by atoms with Crippen molar-refractivity contribution in [2.45, 2.75) is 0 Å². The van der Waals surface area contributed by atoms with Gasteiger partial charge in [-0.15, -0.1) is 5.11 Å². The molecule has 39 heavy (non-hydrogen) atoms. The second kappa shape index (κ2) is 14.1. The molecule has 2 aliphatic heterocycles. The Hall–Kier alpha value is -3.44. The molecule has 0 spiro atoms. The molecule has 1 aromatic heterocycles. The molecule has 2 N–H and O–H groups in total. The van der Waals surface area contributed by atoms with Gasteiger partial charge in [-0.1, -0.05) is 48.5 Å². The largest absolute Gasteiger partial charge is 0.379 e. The van der Waals surface area contributed by atoms with E-state index < -0.39 is 0 Å². The zero-order chi connectivity index (χ0) is 26.7. The third kappa shape index (κ3) is 8.03. The van der Waals surface area contributed by atoms with Crippen LogP contribution < -0.4 is 10.6 Å². The van der Waals surface area contributed by atoms with Gasteiger partial charge in [-0.25, -0.2) is 9.97 Å². The summed E-state index contributed by atoms with van der Waals surface area (Å²) in [4.78, 5) is 17.1. The number of nitrogens with one attached hydrogen (secondary N) is 2. The van der Waals surface area contributed by atoms with E-state index in [1.54, 1.807) is 0 Å². The van der Waals surface area contributed by atoms with Crippen LogP contribution >= 0.6 is 0 Å². The number of piperazine rings is 1. The normalized spacial score (nSPS) is 17.5. The molecule has 0 amide bonds. The summed E-state index contributed by atoms with van der Waals surface area (Å²) < 4.78 is 5.50. The number of morpholine rings is 1. The van der Waals surface area contributed by atoms with Crippen LogP contribution in [0.25, 0.3) is 11.4 Å². The monoisotopic (exact) mass is 529 g/mol. The number of aromatic nitrogens is 2. The van der Waals surface area contributed by atoms with E-state index in [1.807, 2.05) is 60.7 Å². The first-order chi connectivity index (χ1) is 19.2. The number of hydrogen-bond acceptors (Lipinski definition) is 10. The Bertz CT molecular complexity index is 1180. The van der Waals surface area contributed by atoms with Gasteiger partial charge in [-0.05, 0) is 19.2 Å². The minimum atomic E-state index is 0.624. The van der Waals surface area contributed by atoms with Crippen LogP contribution in [0.2, 0.25) is 0 Å². The Morgan fingerprint density at radius 1 is 0.718 bits per heavy atom. The van der Waals surface area contributed by atoms with Crippen LogP contribution in [0.3, 0.4) is 0 Å². The highest BCUT2D eigenvalue weighted by atomic mass is 16.5. The molecular formula is C29H39N9O. The molecule has 0 unspecified atom stereocenters. The van der Waals surface area contributed by atoms with Crippen LogP contribution in [-0.4, -0.2) is 110 Å². The van der Waals surface area contributed by atoms with Gasteiger partial charge in [0.15, 0.2) is 23.1 Å². The van der Waals surface area contributed by atoms with Crippen LogP contribution in [-0.2, 0) is 4.74 Å². The van der Waals surface area contributed by atoms with Gasteiger partial charge in [0.25, 0.3) is 0 Å². The molecule has 2 saturated heterocycles. The van der Waals surface area contributed by atoms with E-state index in [-0.39, 0.29) is 0 Å². The maximum atomic E-state index is 5.50. The zero-order valence-corrected chi connectivity index (χ0v) is 22.8. The molecule has 0 aliphatic carbocycles. The SMILES string of the molecule is CN1CCN(CCNc2nc(-c3ccccc3)nc(NCCN3CCOCC3)c2/N=N/c2ccccc2)CC1. The highest BCUT2D eigenvalue weighted by Gasteiger charge is 2.18. The molecule has 2 fully saturated rings. The first-order valence-electron chi connectivity index (χ1n) is 13.9. The lowest BCUT2D eigenvalue weighted by Gasteiger charge is -2.32. The molecule has 2 aliphatic rings. The molecule has 0 bridgehead atoms. The van der Waals surface area contributed by atoms with Crippen molar-refractivity contribution in [1.29, 1.82) is 0 Å². The first-order valence-corrected chi connectivity index (χ1v) is 13.9. The van der Waals surface area contributed by atoms with Gasteiger partial charge in [0.2, 0.25) is 0 Å². The third-order valence-corrected chi connectivity index (χ3v) is 7.08. The first kappa shape index (κ1) is 27.1. The Kier molecular flexibility index (Phi) is 9.80. The van der Waals surface area contributed by atoms with Crippen molar-refractivity contribution < 1.29 is 4.74 Å². The molecule has 206 valence electrons. The summed E-state index contributed by atoms with van der Waals surface area (Å²) in [5.41, 5.74) is 2.37. The minimum Gasteiger partial charge on any atom is -0.379 e. The van der Waals surface area contributed by atoms with Crippen molar-refractivity contribution in [1.82, 2.24) is 24.7 Å². The minimum absolute atomic E-state index is 0.624. The number of anilines is 2. The standard InChI is InChI=1S/C29H39N9O/c1-36-16-18-37(19-17-36)14-12-30-28-26(35-34-25-10-6-3-7-11-25)29(31-13-15-38-20-22-39-23-21-38)33-27(32-28)24-8-4-2-5-9-24/h2-11H,12-23H2,1H3,(H2,30,31,32,33)/b35-34+. The number of ether oxygens (including phenoxy) is 1. The van der Waals surface area contributed by atoms with Crippen LogP contribution in [0.4, 0.5) is 23.0 Å². The Morgan fingerprint density at radius 2 is 1.28 bits per heavy atom. The van der Waals surface area contributed by atoms with Gasteiger partial charge < -0.3 is 20.3 Å². The Labute approximate surface area is 231 Å². The van der Waals surface area contributed by atoms with Gasteiger partial charge in [0, 0.05) is 71.0 Å². The van der Waals surface area contributed by atoms with Crippen molar-refractivity contribution in [3.05, 3.63) is 60.7 Å². The number of benzene rings is 2. The van der Waals surface area contributed by atoms with E-state index in [2.05, 4.69) is 42.6 Å². The van der Waals surface area contributed by atoms with Crippen molar-refractivity contribution in [2.24, 2.45) is 10.2 Å². The number of nitrogens with zero attached hydrogens (tertiary/aromatic N) is 7. The summed E-state index contributed by atoms with van der Waals surface area (Å²) in [5.74, 6) is 2.02. The number of likely N-dealkylation sites (N-methyl/N-ethyl adjacent to an activating group) is 1. The van der Waals surface area contributed by atoms with Crippen molar-refractivity contribution in [3.63, 3.8) is 0 Å². The molecule has 0 saturated carbocycles. The molecule has 0 atom stereocenters. The zero-order valence-electron chi connectivity index (χ0n) is 22.8. The molecule has 5 rings (SSSR count). The molecule has 10 heteroatoms. The number of azo groups is 1. The van der Waals surface area contributed by atoms with Gasteiger partial charge in [-0.2, -0.15) is 5.11 Å². The average Bonchev–Trinajstić information content (AvgIpc) is 2.99. The van der Waals surface area contributed by atoms with Crippen LogP contribution in [0.5, 0.6) is 0 Å². The van der Waals surface area contributed by atoms with E-state index in [0.717, 1.165) is 89.9 Å². The van der Waals surface area contributed by atoms with Crippen molar-refractivity contribution >= 4 is 23.0 Å². The van der Waals surface area contributed by atoms with Crippen molar-refractivity contribution in [2.75, 3.05) is 96.3 Å². The summed E-state index contributed by atoms with van der Waals surface area (Å²) >= 11 is 0. The predicted molar refractivity (Wildman–Crippen MR) is 156 cm³/mol. The fourth-order valence-corrected chi connectivity index (χ4v) is 4.68. The predicted octanol–water partition coefficient (Wildman–Crippen LogP) is 3.96. The average molecular weight is 530 g/mol. The van der Waals surface area contributed by atoms with E-state index >= 15 is 0 Å². The Morgan fingerprint density at radius 3 is 1.90 bits per heavy atom. The smallest absolute Gasteiger partial charge is 0.170 e. The fraction of sp³-hybridized carbons (Fsp3) is 0.448. The summed E-state index contributed by atoms with van der Waals surface area (Å²) in [6, 6.07) is 19.9. The third-order valence-electron chi connectivity index (χ3n) is 7.08. The molecule has 3 aromatic rings. The van der Waals surface area contributed by atoms with E-state index in [0.29, 0.717) is 23.1 Å². The molecule has 10 nitrogen and oxygen atoms in total. The fourth-order valence-electron chi connectivity index (χ4n) is 4.68. The molecule has 3 heterocycles. The van der Waals surface area contributed by atoms with E-state index in [4.69, 9.17) is 14.7 Å². The molecule has 2 aromatic carbocycles. The second-order valence-corrected chi connectivity index (χ2v) is 9.95. The topological polar surface area (TPSA) is 93.5 Å². The second-order valence-electron chi connectivity index (χ2n) is 9.95. The summed E-state index contributed by atoms with van der Waals surface area (Å²) in [5, 5.41) is 16.3. The lowest BCUT2D eigenvalue weighted by Crippen LogP contribution is -2.45. The van der Waals surface area contributed by atoms with Crippen LogP contribution in [0.1, 0.15) is 0 Å². The number of rotatable bonds is 11. The lowest BCUT2D eigenvalue weighted by molar-refractivity contribution is 0.0398. The van der Waals surface area contributed by atoms with Gasteiger partial charge in [0.05, 0.1) is 18.9 Å².